The van der Waals surface area contributed by atoms with Crippen molar-refractivity contribution < 1.29 is 14.3 Å². The van der Waals surface area contributed by atoms with Crippen LogP contribution in [0, 0.1) is 0 Å². The van der Waals surface area contributed by atoms with Crippen molar-refractivity contribution >= 4 is 11.7 Å². The first-order valence-corrected chi connectivity index (χ1v) is 5.50. The van der Waals surface area contributed by atoms with Crippen LogP contribution in [0.5, 0.6) is 0 Å². The lowest BCUT2D eigenvalue weighted by Gasteiger charge is -2.25. The molecule has 16 heavy (non-hydrogen) atoms. The first-order valence-electron chi connectivity index (χ1n) is 5.50. The zero-order valence-corrected chi connectivity index (χ0v) is 8.89. The molecule has 3 rings (SSSR count). The summed E-state index contributed by atoms with van der Waals surface area (Å²) in [7, 11) is 0. The van der Waals surface area contributed by atoms with E-state index in [0.717, 1.165) is 12.8 Å². The lowest BCUT2D eigenvalue weighted by atomic mass is 10.3. The highest BCUT2D eigenvalue weighted by atomic mass is 16.6. The lowest BCUT2D eigenvalue weighted by Crippen LogP contribution is -2.38. The number of carbonyl (C=O) groups is 1. The fraction of sp³-hybridized carbons (Fsp3) is 0.545. The second-order valence-electron chi connectivity index (χ2n) is 4.36. The number of nitrogens with zero attached hydrogens (tertiary/aromatic N) is 1. The van der Waals surface area contributed by atoms with Gasteiger partial charge in [0.2, 0.25) is 0 Å². The molecule has 0 bridgehead atoms. The van der Waals surface area contributed by atoms with Gasteiger partial charge in [0.25, 0.3) is 0 Å². The molecule has 1 aromatic rings. The van der Waals surface area contributed by atoms with Crippen molar-refractivity contribution in [1.29, 1.82) is 0 Å². The summed E-state index contributed by atoms with van der Waals surface area (Å²) in [6, 6.07) is 2.11. The van der Waals surface area contributed by atoms with E-state index in [4.69, 9.17) is 15.2 Å². The number of carbonyl (C=O) groups excluding carboxylic acids is 1. The molecular weight excluding hydrogens is 208 g/mol. The van der Waals surface area contributed by atoms with Crippen LogP contribution in [0.15, 0.2) is 12.3 Å². The number of aromatic nitrogens is 1. The van der Waals surface area contributed by atoms with Crippen molar-refractivity contribution in [2.24, 2.45) is 0 Å². The molecule has 0 aromatic carbocycles. The number of nitrogens with two attached hydrogens (primary N) is 1. The van der Waals surface area contributed by atoms with Crippen molar-refractivity contribution in [2.45, 2.75) is 25.0 Å². The first-order chi connectivity index (χ1) is 7.74. The molecule has 0 amide bonds. The average Bonchev–Trinajstić information content (AvgIpc) is 2.96. The molecule has 0 spiro atoms. The molecule has 5 heteroatoms. The van der Waals surface area contributed by atoms with Crippen LogP contribution in [0.1, 0.15) is 29.4 Å². The van der Waals surface area contributed by atoms with Crippen LogP contribution in [0.2, 0.25) is 0 Å². The predicted molar refractivity (Wildman–Crippen MR) is 57.1 cm³/mol. The standard InChI is InChI=1S/C11H14N2O3/c12-7-3-10(13(4-7)8-1-2-8)11(14)16-9-5-15-6-9/h3-4,8-9H,1-2,5-6,12H2. The Morgan fingerprint density at radius 3 is 2.81 bits per heavy atom. The minimum Gasteiger partial charge on any atom is -0.453 e. The quantitative estimate of drug-likeness (QED) is 0.773. The molecule has 1 aromatic heterocycles. The number of hydrogen-bond donors (Lipinski definition) is 1. The maximum absolute atomic E-state index is 11.9. The average molecular weight is 222 g/mol. The third-order valence-corrected chi connectivity index (χ3v) is 2.90. The predicted octanol–water partition coefficient (Wildman–Crippen LogP) is 0.961. The molecular formula is C11H14N2O3. The van der Waals surface area contributed by atoms with Gasteiger partial charge >= 0.3 is 5.97 Å². The SMILES string of the molecule is Nc1cc(C(=O)OC2COC2)n(C2CC2)c1. The molecule has 2 heterocycles. The summed E-state index contributed by atoms with van der Waals surface area (Å²) in [5, 5.41) is 0. The van der Waals surface area contributed by atoms with E-state index in [1.54, 1.807) is 6.07 Å². The van der Waals surface area contributed by atoms with Gasteiger partial charge < -0.3 is 19.8 Å². The molecule has 1 aliphatic heterocycles. The van der Waals surface area contributed by atoms with Gasteiger partial charge in [0.1, 0.15) is 11.8 Å². The smallest absolute Gasteiger partial charge is 0.355 e. The van der Waals surface area contributed by atoms with Crippen LogP contribution in [-0.2, 0) is 9.47 Å². The van der Waals surface area contributed by atoms with Crippen LogP contribution in [0.25, 0.3) is 0 Å². The van der Waals surface area contributed by atoms with Crippen LogP contribution >= 0.6 is 0 Å². The third-order valence-electron chi connectivity index (χ3n) is 2.90. The number of hydrogen-bond acceptors (Lipinski definition) is 4. The fourth-order valence-electron chi connectivity index (χ4n) is 1.81. The zero-order valence-electron chi connectivity index (χ0n) is 8.89. The Balaban J connectivity index is 1.78. The minimum atomic E-state index is -0.295. The van der Waals surface area contributed by atoms with Gasteiger partial charge in [-0.05, 0) is 18.9 Å². The van der Waals surface area contributed by atoms with Gasteiger partial charge in [-0.15, -0.1) is 0 Å². The first kappa shape index (κ1) is 9.72. The van der Waals surface area contributed by atoms with E-state index >= 15 is 0 Å². The molecule has 86 valence electrons. The highest BCUT2D eigenvalue weighted by molar-refractivity contribution is 5.89. The van der Waals surface area contributed by atoms with E-state index in [2.05, 4.69) is 0 Å². The van der Waals surface area contributed by atoms with Crippen LogP contribution in [-0.4, -0.2) is 29.9 Å². The number of anilines is 1. The monoisotopic (exact) mass is 222 g/mol. The summed E-state index contributed by atoms with van der Waals surface area (Å²) >= 11 is 0. The van der Waals surface area contributed by atoms with Gasteiger partial charge in [0, 0.05) is 12.2 Å². The molecule has 0 atom stereocenters. The number of rotatable bonds is 3. The number of nitrogen functional groups attached to an aromatic ring is 1. The van der Waals surface area contributed by atoms with Gasteiger partial charge in [0.05, 0.1) is 18.9 Å². The fourth-order valence-corrected chi connectivity index (χ4v) is 1.81. The molecule has 2 aliphatic rings. The third kappa shape index (κ3) is 1.67. The maximum Gasteiger partial charge on any atom is 0.355 e. The maximum atomic E-state index is 11.9. The van der Waals surface area contributed by atoms with Crippen molar-refractivity contribution in [3.63, 3.8) is 0 Å². The number of esters is 1. The summed E-state index contributed by atoms with van der Waals surface area (Å²) < 4.78 is 12.1. The van der Waals surface area contributed by atoms with Crippen LogP contribution in [0.3, 0.4) is 0 Å². The van der Waals surface area contributed by atoms with E-state index < -0.39 is 0 Å². The van der Waals surface area contributed by atoms with Crippen LogP contribution < -0.4 is 5.73 Å². The Hall–Kier alpha value is -1.49. The second-order valence-corrected chi connectivity index (χ2v) is 4.36. The van der Waals surface area contributed by atoms with Crippen molar-refractivity contribution in [3.05, 3.63) is 18.0 Å². The van der Waals surface area contributed by atoms with Gasteiger partial charge in [-0.1, -0.05) is 0 Å². The van der Waals surface area contributed by atoms with E-state index in [1.165, 1.54) is 0 Å². The topological polar surface area (TPSA) is 66.5 Å². The Morgan fingerprint density at radius 2 is 2.25 bits per heavy atom. The minimum absolute atomic E-state index is 0.0868. The van der Waals surface area contributed by atoms with Gasteiger partial charge in [-0.3, -0.25) is 0 Å². The van der Waals surface area contributed by atoms with Crippen molar-refractivity contribution in [3.8, 4) is 0 Å². The normalized spacial score (nSPS) is 20.5. The molecule has 1 saturated carbocycles. The summed E-state index contributed by atoms with van der Waals surface area (Å²) in [6.45, 7) is 1.01. The van der Waals surface area contributed by atoms with Gasteiger partial charge in [-0.2, -0.15) is 0 Å². The summed E-state index contributed by atoms with van der Waals surface area (Å²) in [4.78, 5) is 11.9. The summed E-state index contributed by atoms with van der Waals surface area (Å²) in [5.74, 6) is -0.295. The second kappa shape index (κ2) is 3.52. The summed E-state index contributed by atoms with van der Waals surface area (Å²) in [5.41, 5.74) is 6.88. The van der Waals surface area contributed by atoms with Crippen molar-refractivity contribution in [2.75, 3.05) is 18.9 Å². The molecule has 0 unspecified atom stereocenters. The highest BCUT2D eigenvalue weighted by Gasteiger charge is 2.30. The largest absolute Gasteiger partial charge is 0.453 e. The van der Waals surface area contributed by atoms with Crippen LogP contribution in [0.4, 0.5) is 5.69 Å². The van der Waals surface area contributed by atoms with Gasteiger partial charge in [-0.25, -0.2) is 4.79 Å². The Kier molecular flexibility index (Phi) is 2.14. The Morgan fingerprint density at radius 1 is 1.50 bits per heavy atom. The summed E-state index contributed by atoms with van der Waals surface area (Å²) in [6.07, 6.45) is 3.95. The van der Waals surface area contributed by atoms with E-state index in [1.807, 2.05) is 10.8 Å². The van der Waals surface area contributed by atoms with Gasteiger partial charge in [0.15, 0.2) is 0 Å². The highest BCUT2D eigenvalue weighted by Crippen LogP contribution is 2.37. The van der Waals surface area contributed by atoms with E-state index in [0.29, 0.717) is 30.6 Å². The molecule has 5 nitrogen and oxygen atoms in total. The molecule has 1 saturated heterocycles. The van der Waals surface area contributed by atoms with Crippen molar-refractivity contribution in [1.82, 2.24) is 4.57 Å². The Bertz CT molecular complexity index is 419. The lowest BCUT2D eigenvalue weighted by molar-refractivity contribution is -0.103. The molecule has 0 radical (unpaired) electrons. The van der Waals surface area contributed by atoms with E-state index in [-0.39, 0.29) is 12.1 Å². The molecule has 2 fully saturated rings. The number of ether oxygens (including phenoxy) is 2. The zero-order chi connectivity index (χ0) is 11.1. The van der Waals surface area contributed by atoms with E-state index in [9.17, 15) is 4.79 Å². The molecule has 1 aliphatic carbocycles. The Labute approximate surface area is 93.1 Å². The molecule has 2 N–H and O–H groups in total.